The van der Waals surface area contributed by atoms with Gasteiger partial charge in [0.25, 0.3) is 0 Å². The van der Waals surface area contributed by atoms with Crippen LogP contribution in [-0.4, -0.2) is 0 Å². The van der Waals surface area contributed by atoms with Crippen molar-refractivity contribution in [3.63, 3.8) is 0 Å². The van der Waals surface area contributed by atoms with Crippen LogP contribution in [0.25, 0.3) is 17.2 Å². The first-order valence-electron chi connectivity index (χ1n) is 11.7. The molecule has 1 aliphatic rings. The Morgan fingerprint density at radius 1 is 0.682 bits per heavy atom. The van der Waals surface area contributed by atoms with Crippen molar-refractivity contribution in [3.05, 3.63) is 113 Å². The lowest BCUT2D eigenvalue weighted by atomic mass is 9.90. The Bertz CT molecular complexity index is 1240. The lowest BCUT2D eigenvalue weighted by Gasteiger charge is -2.13. The molecule has 0 radical (unpaired) electrons. The highest BCUT2D eigenvalue weighted by Crippen LogP contribution is 2.38. The molecule has 0 saturated carbocycles. The lowest BCUT2D eigenvalue weighted by Crippen LogP contribution is -1.92. The molecular formula is C22H16. The highest BCUT2D eigenvalue weighted by atomic mass is 14.2. The summed E-state index contributed by atoms with van der Waals surface area (Å²) in [6.45, 7) is 0. The highest BCUT2D eigenvalue weighted by Gasteiger charge is 2.16. The van der Waals surface area contributed by atoms with E-state index >= 15 is 0 Å². The van der Waals surface area contributed by atoms with E-state index in [-0.39, 0.29) is 16.7 Å². The van der Waals surface area contributed by atoms with Gasteiger partial charge >= 0.3 is 0 Å². The fourth-order valence-electron chi connectivity index (χ4n) is 2.51. The first-order valence-corrected chi connectivity index (χ1v) is 6.74. The minimum atomic E-state index is -0.573. The van der Waals surface area contributed by atoms with Gasteiger partial charge in [-0.2, -0.15) is 0 Å². The molecule has 0 heterocycles. The molecule has 0 amide bonds. The summed E-state index contributed by atoms with van der Waals surface area (Å²) in [6, 6.07) is 1.74. The second-order valence-corrected chi connectivity index (χ2v) is 4.71. The summed E-state index contributed by atoms with van der Waals surface area (Å²) in [6.07, 6.45) is 3.44. The van der Waals surface area contributed by atoms with Crippen molar-refractivity contribution in [1.82, 2.24) is 0 Å². The molecule has 0 heteroatoms. The molecule has 22 heavy (non-hydrogen) atoms. The molecule has 0 aliphatic heterocycles. The van der Waals surface area contributed by atoms with Crippen LogP contribution in [0.4, 0.5) is 0 Å². The molecule has 0 N–H and O–H groups in total. The molecule has 0 aromatic heterocycles. The summed E-state index contributed by atoms with van der Waals surface area (Å²) < 4.78 is 82.0. The molecule has 3 aromatic rings. The van der Waals surface area contributed by atoms with Gasteiger partial charge in [-0.1, -0.05) is 96.8 Å². The van der Waals surface area contributed by atoms with Crippen molar-refractivity contribution < 1.29 is 13.7 Å². The zero-order valence-electron chi connectivity index (χ0n) is 21.5. The van der Waals surface area contributed by atoms with Crippen LogP contribution in [-0.2, 0) is 0 Å². The summed E-state index contributed by atoms with van der Waals surface area (Å²) >= 11 is 0. The molecule has 0 atom stereocenters. The van der Waals surface area contributed by atoms with E-state index in [0.29, 0.717) is 11.1 Å². The number of allylic oxidation sites excluding steroid dienone is 2. The van der Waals surface area contributed by atoms with E-state index in [1.807, 2.05) is 12.1 Å². The maximum Gasteiger partial charge on any atom is 0.0629 e. The predicted octanol–water partition coefficient (Wildman–Crippen LogP) is 5.67. The number of hydrogen-bond donors (Lipinski definition) is 0. The molecular weight excluding hydrogens is 264 g/mol. The Morgan fingerprint density at radius 3 is 1.91 bits per heavy atom. The largest absolute Gasteiger partial charge is 0.0629 e. The van der Waals surface area contributed by atoms with Crippen LogP contribution in [0, 0.1) is 0 Å². The van der Waals surface area contributed by atoms with E-state index in [9.17, 15) is 0 Å². The molecule has 0 nitrogen and oxygen atoms in total. The third-order valence-electron chi connectivity index (χ3n) is 3.45. The summed E-state index contributed by atoms with van der Waals surface area (Å²) in [4.78, 5) is 0. The molecule has 0 saturated heterocycles. The van der Waals surface area contributed by atoms with Gasteiger partial charge in [-0.3, -0.25) is 0 Å². The molecule has 0 spiro atoms. The van der Waals surface area contributed by atoms with E-state index in [1.165, 1.54) is 0 Å². The van der Waals surface area contributed by atoms with Gasteiger partial charge in [0.15, 0.2) is 0 Å². The van der Waals surface area contributed by atoms with Crippen molar-refractivity contribution in [2.75, 3.05) is 0 Å². The maximum atomic E-state index is 8.47. The second kappa shape index (κ2) is 5.50. The maximum absolute atomic E-state index is 8.47. The van der Waals surface area contributed by atoms with Crippen molar-refractivity contribution in [1.29, 1.82) is 0 Å². The van der Waals surface area contributed by atoms with Gasteiger partial charge in [0, 0.05) is 0 Å². The van der Waals surface area contributed by atoms with Gasteiger partial charge in [-0.15, -0.1) is 0 Å². The number of benzene rings is 3. The first-order chi connectivity index (χ1) is 15.1. The monoisotopic (exact) mass is 290 g/mol. The summed E-state index contributed by atoms with van der Waals surface area (Å²) in [7, 11) is 0. The quantitative estimate of drug-likeness (QED) is 0.570. The summed E-state index contributed by atoms with van der Waals surface area (Å²) in [5, 5.41) is 0. The van der Waals surface area contributed by atoms with E-state index in [0.717, 1.165) is 5.56 Å². The lowest BCUT2D eigenvalue weighted by molar-refractivity contribution is 1.54. The van der Waals surface area contributed by atoms with Gasteiger partial charge in [0.2, 0.25) is 0 Å². The standard InChI is InChI=1S/C22H16/c1-3-10-18(11-4-1)22(19-12-5-2-6-13-19)21-16-15-17-9-7-8-14-20(17)21/h1-16H/i1D,2D,3D,4D,5D,6D,10D,11D,12D,13D. The second-order valence-electron chi connectivity index (χ2n) is 4.71. The van der Waals surface area contributed by atoms with E-state index in [4.69, 9.17) is 13.7 Å². The summed E-state index contributed by atoms with van der Waals surface area (Å²) in [5.74, 6) is 0. The average Bonchev–Trinajstić information content (AvgIpc) is 3.21. The third kappa shape index (κ3) is 2.19. The third-order valence-corrected chi connectivity index (χ3v) is 3.45. The minimum Gasteiger partial charge on any atom is -0.0622 e. The van der Waals surface area contributed by atoms with Crippen molar-refractivity contribution in [3.8, 4) is 0 Å². The number of fused-ring (bicyclic) bond motifs is 1. The fraction of sp³-hybridized carbons (Fsp3) is 0. The van der Waals surface area contributed by atoms with Crippen molar-refractivity contribution >= 4 is 17.2 Å². The van der Waals surface area contributed by atoms with Gasteiger partial charge < -0.3 is 0 Å². The molecule has 0 bridgehead atoms. The zero-order chi connectivity index (χ0) is 23.5. The molecule has 0 unspecified atom stereocenters. The fourth-order valence-corrected chi connectivity index (χ4v) is 2.51. The number of rotatable bonds is 2. The minimum absolute atomic E-state index is 0.000185. The molecule has 104 valence electrons. The molecule has 1 aliphatic carbocycles. The first kappa shape index (κ1) is 6.10. The SMILES string of the molecule is [2H]c1c([2H])c([2H])c(C(=C2C=Cc3ccccc32)c2c([2H])c([2H])c([2H])c([2H])c2[2H])c([2H])c1[2H]. The van der Waals surface area contributed by atoms with Crippen molar-refractivity contribution in [2.45, 2.75) is 0 Å². The van der Waals surface area contributed by atoms with Crippen molar-refractivity contribution in [2.24, 2.45) is 0 Å². The Balaban J connectivity index is 2.26. The Hall–Kier alpha value is -2.86. The normalized spacial score (nSPS) is 18.6. The van der Waals surface area contributed by atoms with Crippen LogP contribution in [0.3, 0.4) is 0 Å². The Kier molecular flexibility index (Phi) is 1.52. The van der Waals surface area contributed by atoms with E-state index in [2.05, 4.69) is 0 Å². The van der Waals surface area contributed by atoms with Crippen LogP contribution < -0.4 is 0 Å². The van der Waals surface area contributed by atoms with Crippen LogP contribution >= 0.6 is 0 Å². The molecule has 0 fully saturated rings. The van der Waals surface area contributed by atoms with Gasteiger partial charge in [-0.05, 0) is 33.4 Å². The smallest absolute Gasteiger partial charge is 0.0622 e. The summed E-state index contributed by atoms with van der Waals surface area (Å²) in [5.41, 5.74) is 1.45. The molecule has 4 rings (SSSR count). The Labute approximate surface area is 145 Å². The Morgan fingerprint density at radius 2 is 1.27 bits per heavy atom. The van der Waals surface area contributed by atoms with Crippen LogP contribution in [0.1, 0.15) is 36.0 Å². The van der Waals surface area contributed by atoms with Crippen LogP contribution in [0.5, 0.6) is 0 Å². The highest BCUT2D eigenvalue weighted by molar-refractivity contribution is 6.07. The van der Waals surface area contributed by atoms with E-state index < -0.39 is 60.4 Å². The van der Waals surface area contributed by atoms with E-state index in [1.54, 1.807) is 24.3 Å². The average molecular weight is 290 g/mol. The number of hydrogen-bond acceptors (Lipinski definition) is 0. The topological polar surface area (TPSA) is 0 Å². The zero-order valence-corrected chi connectivity index (χ0v) is 11.5. The van der Waals surface area contributed by atoms with Gasteiger partial charge in [-0.25, -0.2) is 0 Å². The van der Waals surface area contributed by atoms with Crippen LogP contribution in [0.2, 0.25) is 0 Å². The molecule has 3 aromatic carbocycles. The van der Waals surface area contributed by atoms with Gasteiger partial charge in [0.05, 0.1) is 13.7 Å². The van der Waals surface area contributed by atoms with Gasteiger partial charge in [0.1, 0.15) is 0 Å². The predicted molar refractivity (Wildman–Crippen MR) is 94.3 cm³/mol. The van der Waals surface area contributed by atoms with Crippen LogP contribution in [0.15, 0.2) is 90.8 Å².